The van der Waals surface area contributed by atoms with Crippen molar-refractivity contribution in [3.05, 3.63) is 22.2 Å². The number of nitrogen functional groups attached to an aromatic ring is 1. The van der Waals surface area contributed by atoms with Crippen molar-refractivity contribution in [2.24, 2.45) is 5.73 Å². The first-order valence-corrected chi connectivity index (χ1v) is 4.66. The van der Waals surface area contributed by atoms with Crippen molar-refractivity contribution in [2.75, 3.05) is 14.2 Å². The van der Waals surface area contributed by atoms with E-state index in [1.807, 2.05) is 0 Å². The third kappa shape index (κ3) is 1.82. The van der Waals surface area contributed by atoms with E-state index >= 15 is 0 Å². The number of hydrogen-bond donors (Lipinski definition) is 2. The third-order valence-corrected chi connectivity index (χ3v) is 2.56. The van der Waals surface area contributed by atoms with Gasteiger partial charge in [0.05, 0.1) is 18.7 Å². The number of ether oxygens (including phenoxy) is 2. The van der Waals surface area contributed by atoms with Gasteiger partial charge in [0.25, 0.3) is 0 Å². The number of rotatable bonds is 3. The molecule has 5 heteroatoms. The normalized spacial score (nSPS) is 9.64. The molecule has 0 atom stereocenters. The molecule has 0 aromatic heterocycles. The SMILES string of the molecule is COc1ccc(C(=N)N)c(Br)c1OC. The minimum Gasteiger partial charge on any atom is -0.493 e. The maximum atomic E-state index is 7.33. The monoisotopic (exact) mass is 258 g/mol. The summed E-state index contributed by atoms with van der Waals surface area (Å²) in [5.74, 6) is 1.13. The second kappa shape index (κ2) is 4.32. The van der Waals surface area contributed by atoms with E-state index in [1.165, 1.54) is 7.11 Å². The molecule has 0 fully saturated rings. The predicted molar refractivity (Wildman–Crippen MR) is 58.3 cm³/mol. The lowest BCUT2D eigenvalue weighted by atomic mass is 10.2. The molecule has 0 aliphatic rings. The number of amidine groups is 1. The quantitative estimate of drug-likeness (QED) is 0.641. The summed E-state index contributed by atoms with van der Waals surface area (Å²) in [6.07, 6.45) is 0. The molecule has 0 saturated carbocycles. The van der Waals surface area contributed by atoms with Crippen molar-refractivity contribution in [3.63, 3.8) is 0 Å². The van der Waals surface area contributed by atoms with Crippen LogP contribution >= 0.6 is 15.9 Å². The second-order valence-electron chi connectivity index (χ2n) is 2.58. The largest absolute Gasteiger partial charge is 0.493 e. The van der Waals surface area contributed by atoms with Crippen LogP contribution in [0.3, 0.4) is 0 Å². The number of benzene rings is 1. The Hall–Kier alpha value is -1.23. The summed E-state index contributed by atoms with van der Waals surface area (Å²) in [7, 11) is 3.09. The van der Waals surface area contributed by atoms with Gasteiger partial charge in [0.1, 0.15) is 5.84 Å². The number of nitrogens with two attached hydrogens (primary N) is 1. The Morgan fingerprint density at radius 2 is 2.00 bits per heavy atom. The standard InChI is InChI=1S/C9H11BrN2O2/c1-13-6-4-3-5(9(11)12)7(10)8(6)14-2/h3-4H,1-2H3,(H3,11,12). The Labute approximate surface area is 90.6 Å². The van der Waals surface area contributed by atoms with Crippen LogP contribution in [0.15, 0.2) is 16.6 Å². The van der Waals surface area contributed by atoms with Crippen LogP contribution in [-0.2, 0) is 0 Å². The molecule has 0 unspecified atom stereocenters. The van der Waals surface area contributed by atoms with Gasteiger partial charge in [0, 0.05) is 5.56 Å². The Bertz CT molecular complexity index is 366. The third-order valence-electron chi connectivity index (χ3n) is 1.78. The molecule has 14 heavy (non-hydrogen) atoms. The van der Waals surface area contributed by atoms with Crippen LogP contribution in [0.2, 0.25) is 0 Å². The van der Waals surface area contributed by atoms with Crippen LogP contribution in [0.25, 0.3) is 0 Å². The fraction of sp³-hybridized carbons (Fsp3) is 0.222. The average molecular weight is 259 g/mol. The second-order valence-corrected chi connectivity index (χ2v) is 3.37. The summed E-state index contributed by atoms with van der Waals surface area (Å²) in [6, 6.07) is 3.41. The summed E-state index contributed by atoms with van der Waals surface area (Å²) in [6.45, 7) is 0. The summed E-state index contributed by atoms with van der Waals surface area (Å²) in [5.41, 5.74) is 5.97. The van der Waals surface area contributed by atoms with Crippen molar-refractivity contribution < 1.29 is 9.47 Å². The zero-order valence-corrected chi connectivity index (χ0v) is 9.51. The molecule has 0 heterocycles. The van der Waals surface area contributed by atoms with E-state index < -0.39 is 0 Å². The first-order valence-electron chi connectivity index (χ1n) is 3.86. The molecule has 0 spiro atoms. The van der Waals surface area contributed by atoms with Gasteiger partial charge in [-0.25, -0.2) is 0 Å². The highest BCUT2D eigenvalue weighted by atomic mass is 79.9. The first kappa shape index (κ1) is 10.8. The molecule has 0 aliphatic carbocycles. The highest BCUT2D eigenvalue weighted by molar-refractivity contribution is 9.10. The molecule has 1 aromatic rings. The topological polar surface area (TPSA) is 68.3 Å². The van der Waals surface area contributed by atoms with Crippen molar-refractivity contribution >= 4 is 21.8 Å². The summed E-state index contributed by atoms with van der Waals surface area (Å²) < 4.78 is 10.9. The van der Waals surface area contributed by atoms with Gasteiger partial charge in [0.2, 0.25) is 0 Å². The molecule has 1 rings (SSSR count). The zero-order valence-electron chi connectivity index (χ0n) is 7.93. The minimum atomic E-state index is -0.0159. The fourth-order valence-corrected chi connectivity index (χ4v) is 1.80. The number of nitrogens with one attached hydrogen (secondary N) is 1. The van der Waals surface area contributed by atoms with Crippen molar-refractivity contribution in [3.8, 4) is 11.5 Å². The predicted octanol–water partition coefficient (Wildman–Crippen LogP) is 1.75. The molecule has 0 radical (unpaired) electrons. The molecule has 0 saturated heterocycles. The van der Waals surface area contributed by atoms with E-state index in [1.54, 1.807) is 19.2 Å². The Kier molecular flexibility index (Phi) is 3.35. The highest BCUT2D eigenvalue weighted by Crippen LogP contribution is 2.37. The molecule has 0 aliphatic heterocycles. The lowest BCUT2D eigenvalue weighted by Crippen LogP contribution is -2.12. The van der Waals surface area contributed by atoms with E-state index in [0.717, 1.165) is 0 Å². The van der Waals surface area contributed by atoms with Gasteiger partial charge >= 0.3 is 0 Å². The highest BCUT2D eigenvalue weighted by Gasteiger charge is 2.13. The van der Waals surface area contributed by atoms with Gasteiger partial charge in [-0.2, -0.15) is 0 Å². The maximum absolute atomic E-state index is 7.33. The van der Waals surface area contributed by atoms with E-state index in [0.29, 0.717) is 21.5 Å². The minimum absolute atomic E-state index is 0.0159. The number of methoxy groups -OCH3 is 2. The summed E-state index contributed by atoms with van der Waals surface area (Å²) in [4.78, 5) is 0. The molecule has 0 amide bonds. The van der Waals surface area contributed by atoms with Crippen LogP contribution in [0, 0.1) is 5.41 Å². The van der Waals surface area contributed by atoms with Crippen LogP contribution in [0.4, 0.5) is 0 Å². The Balaban J connectivity index is 3.34. The first-order chi connectivity index (χ1) is 6.61. The molecule has 76 valence electrons. The van der Waals surface area contributed by atoms with Crippen molar-refractivity contribution in [1.29, 1.82) is 5.41 Å². The number of halogens is 1. The van der Waals surface area contributed by atoms with Gasteiger partial charge in [-0.3, -0.25) is 5.41 Å². The zero-order chi connectivity index (χ0) is 10.7. The van der Waals surface area contributed by atoms with E-state index in [2.05, 4.69) is 15.9 Å². The van der Waals surface area contributed by atoms with Crippen LogP contribution < -0.4 is 15.2 Å². The van der Waals surface area contributed by atoms with Gasteiger partial charge < -0.3 is 15.2 Å². The Morgan fingerprint density at radius 1 is 1.36 bits per heavy atom. The summed E-state index contributed by atoms with van der Waals surface area (Å²) >= 11 is 3.31. The lowest BCUT2D eigenvalue weighted by molar-refractivity contribution is 0.353. The molecular weight excluding hydrogens is 248 g/mol. The van der Waals surface area contributed by atoms with Gasteiger partial charge in [-0.15, -0.1) is 0 Å². The smallest absolute Gasteiger partial charge is 0.175 e. The van der Waals surface area contributed by atoms with E-state index in [-0.39, 0.29) is 5.84 Å². The van der Waals surface area contributed by atoms with Gasteiger partial charge in [-0.1, -0.05) is 0 Å². The van der Waals surface area contributed by atoms with Crippen molar-refractivity contribution in [1.82, 2.24) is 0 Å². The maximum Gasteiger partial charge on any atom is 0.175 e. The lowest BCUT2D eigenvalue weighted by Gasteiger charge is -2.11. The summed E-state index contributed by atoms with van der Waals surface area (Å²) in [5, 5.41) is 7.33. The number of hydrogen-bond acceptors (Lipinski definition) is 3. The van der Waals surface area contributed by atoms with Crippen LogP contribution in [0.1, 0.15) is 5.56 Å². The molecular formula is C9H11BrN2O2. The Morgan fingerprint density at radius 3 is 2.43 bits per heavy atom. The van der Waals surface area contributed by atoms with E-state index in [4.69, 9.17) is 20.6 Å². The van der Waals surface area contributed by atoms with Crippen molar-refractivity contribution in [2.45, 2.75) is 0 Å². The van der Waals surface area contributed by atoms with Crippen LogP contribution in [-0.4, -0.2) is 20.1 Å². The van der Waals surface area contributed by atoms with Gasteiger partial charge in [-0.05, 0) is 28.1 Å². The molecule has 0 bridgehead atoms. The fourth-order valence-electron chi connectivity index (χ4n) is 1.10. The average Bonchev–Trinajstić information content (AvgIpc) is 2.16. The molecule has 3 N–H and O–H groups in total. The van der Waals surface area contributed by atoms with E-state index in [9.17, 15) is 0 Å². The van der Waals surface area contributed by atoms with Gasteiger partial charge in [0.15, 0.2) is 11.5 Å². The molecule has 4 nitrogen and oxygen atoms in total. The van der Waals surface area contributed by atoms with Crippen LogP contribution in [0.5, 0.6) is 11.5 Å². The molecule has 1 aromatic carbocycles.